The number of ether oxygens (including phenoxy) is 1. The van der Waals surface area contributed by atoms with E-state index in [1.165, 1.54) is 28.8 Å². The van der Waals surface area contributed by atoms with Crippen LogP contribution in [-0.2, 0) is 27.4 Å². The molecule has 3 aromatic rings. The molecule has 1 aromatic heterocycles. The third-order valence-corrected chi connectivity index (χ3v) is 5.25. The molecular formula is C23H23FN6O4. The van der Waals surface area contributed by atoms with Crippen LogP contribution in [0.2, 0.25) is 0 Å². The molecule has 10 nitrogen and oxygen atoms in total. The molecule has 0 saturated carbocycles. The second kappa shape index (κ2) is 10.1. The van der Waals surface area contributed by atoms with Crippen LogP contribution in [0.25, 0.3) is 11.1 Å². The largest absolute Gasteiger partial charge is 0.442 e. The summed E-state index contributed by atoms with van der Waals surface area (Å²) in [4.78, 5) is 36.5. The first-order valence-electron chi connectivity index (χ1n) is 10.6. The van der Waals surface area contributed by atoms with Gasteiger partial charge < -0.3 is 15.4 Å². The number of benzene rings is 2. The summed E-state index contributed by atoms with van der Waals surface area (Å²) >= 11 is 0. The molecule has 2 N–H and O–H groups in total. The Morgan fingerprint density at radius 3 is 2.65 bits per heavy atom. The summed E-state index contributed by atoms with van der Waals surface area (Å²) in [6, 6.07) is 11.7. The summed E-state index contributed by atoms with van der Waals surface area (Å²) < 4.78 is 21.6. The average Bonchev–Trinajstić information content (AvgIpc) is 3.46. The molecule has 1 aliphatic heterocycles. The van der Waals surface area contributed by atoms with Gasteiger partial charge >= 0.3 is 6.09 Å². The zero-order chi connectivity index (χ0) is 24.1. The Hall–Kier alpha value is -4.28. The number of carbonyl (C=O) groups is 3. The fourth-order valence-corrected chi connectivity index (χ4v) is 3.53. The van der Waals surface area contributed by atoms with Gasteiger partial charge in [0.05, 0.1) is 25.0 Å². The number of hydrogen-bond acceptors (Lipinski definition) is 6. The van der Waals surface area contributed by atoms with Crippen molar-refractivity contribution in [2.75, 3.05) is 18.0 Å². The molecule has 0 aliphatic carbocycles. The van der Waals surface area contributed by atoms with Crippen LogP contribution in [0.5, 0.6) is 0 Å². The number of anilines is 1. The Balaban J connectivity index is 1.36. The molecule has 34 heavy (non-hydrogen) atoms. The third kappa shape index (κ3) is 5.55. The van der Waals surface area contributed by atoms with E-state index in [0.717, 1.165) is 5.56 Å². The van der Waals surface area contributed by atoms with Gasteiger partial charge in [0.25, 0.3) is 0 Å². The summed E-state index contributed by atoms with van der Waals surface area (Å²) in [5.41, 5.74) is 2.28. The molecule has 2 heterocycles. The lowest BCUT2D eigenvalue weighted by Gasteiger charge is -2.15. The number of cyclic esters (lactones) is 1. The van der Waals surface area contributed by atoms with Crippen molar-refractivity contribution in [1.82, 2.24) is 25.6 Å². The maximum Gasteiger partial charge on any atom is 0.414 e. The molecule has 1 aliphatic rings. The van der Waals surface area contributed by atoms with Crippen molar-refractivity contribution in [3.8, 4) is 11.1 Å². The van der Waals surface area contributed by atoms with Gasteiger partial charge in [-0.2, -0.15) is 0 Å². The highest BCUT2D eigenvalue weighted by atomic mass is 19.1. The van der Waals surface area contributed by atoms with Crippen molar-refractivity contribution < 1.29 is 23.5 Å². The number of aromatic nitrogens is 3. The van der Waals surface area contributed by atoms with Crippen molar-refractivity contribution in [2.24, 2.45) is 0 Å². The summed E-state index contributed by atoms with van der Waals surface area (Å²) in [5, 5.41) is 12.8. The monoisotopic (exact) mass is 466 g/mol. The van der Waals surface area contributed by atoms with Gasteiger partial charge in [-0.3, -0.25) is 14.5 Å². The summed E-state index contributed by atoms with van der Waals surface area (Å²) in [7, 11) is 0. The highest BCUT2D eigenvalue weighted by Crippen LogP contribution is 2.29. The zero-order valence-electron chi connectivity index (χ0n) is 18.4. The van der Waals surface area contributed by atoms with Gasteiger partial charge in [0.1, 0.15) is 18.5 Å². The van der Waals surface area contributed by atoms with Crippen LogP contribution in [0.3, 0.4) is 0 Å². The van der Waals surface area contributed by atoms with Crippen LogP contribution in [0.15, 0.2) is 54.9 Å². The Labute approximate surface area is 194 Å². The highest BCUT2D eigenvalue weighted by molar-refractivity contribution is 5.90. The van der Waals surface area contributed by atoms with Crippen LogP contribution in [0.4, 0.5) is 14.9 Å². The van der Waals surface area contributed by atoms with Crippen LogP contribution < -0.4 is 15.5 Å². The van der Waals surface area contributed by atoms with E-state index in [4.69, 9.17) is 4.74 Å². The Kier molecular flexibility index (Phi) is 6.81. The maximum atomic E-state index is 14.9. The van der Waals surface area contributed by atoms with E-state index in [-0.39, 0.29) is 31.4 Å². The summed E-state index contributed by atoms with van der Waals surface area (Å²) in [6.07, 6.45) is 2.02. The van der Waals surface area contributed by atoms with Gasteiger partial charge in [-0.25, -0.2) is 13.9 Å². The van der Waals surface area contributed by atoms with Crippen molar-refractivity contribution in [3.63, 3.8) is 0 Å². The Morgan fingerprint density at radius 2 is 1.97 bits per heavy atom. The third-order valence-electron chi connectivity index (χ3n) is 5.25. The summed E-state index contributed by atoms with van der Waals surface area (Å²) in [5.74, 6) is -0.898. The molecule has 4 rings (SSSR count). The molecule has 11 heteroatoms. The number of nitrogens with one attached hydrogen (secondary N) is 2. The molecule has 0 unspecified atom stereocenters. The number of nitrogens with zero attached hydrogens (tertiary/aromatic N) is 4. The topological polar surface area (TPSA) is 118 Å². The Bertz CT molecular complexity index is 1180. The summed E-state index contributed by atoms with van der Waals surface area (Å²) in [6.45, 7) is 2.20. The molecule has 1 atom stereocenters. The number of amides is 3. The van der Waals surface area contributed by atoms with Gasteiger partial charge in [-0.15, -0.1) is 5.10 Å². The van der Waals surface area contributed by atoms with E-state index < -0.39 is 18.0 Å². The van der Waals surface area contributed by atoms with Crippen molar-refractivity contribution in [1.29, 1.82) is 0 Å². The fraction of sp³-hybridized carbons (Fsp3) is 0.261. The second-order valence-electron chi connectivity index (χ2n) is 7.79. The van der Waals surface area contributed by atoms with E-state index in [9.17, 15) is 18.8 Å². The molecule has 3 amide bonds. The van der Waals surface area contributed by atoms with Crippen LogP contribution in [-0.4, -0.2) is 52.1 Å². The maximum absolute atomic E-state index is 14.9. The molecule has 1 saturated heterocycles. The van der Waals surface area contributed by atoms with Crippen LogP contribution in [0, 0.1) is 5.82 Å². The molecule has 176 valence electrons. The SMILES string of the molecule is CC(=O)NC[C@H]1CN(c2ccc(-c3ccc(CNC(=O)Cn4ccnn4)cc3)c(F)c2)C(=O)O1. The van der Waals surface area contributed by atoms with Crippen molar-refractivity contribution >= 4 is 23.6 Å². The zero-order valence-corrected chi connectivity index (χ0v) is 18.4. The first-order valence-corrected chi connectivity index (χ1v) is 10.6. The smallest absolute Gasteiger partial charge is 0.414 e. The van der Waals surface area contributed by atoms with E-state index >= 15 is 0 Å². The van der Waals surface area contributed by atoms with Gasteiger partial charge in [0, 0.05) is 25.2 Å². The lowest BCUT2D eigenvalue weighted by molar-refractivity contribution is -0.122. The number of rotatable bonds is 8. The molecule has 0 radical (unpaired) electrons. The normalized spacial score (nSPS) is 15.2. The number of carbonyl (C=O) groups excluding carboxylic acids is 3. The van der Waals surface area contributed by atoms with Crippen LogP contribution in [0.1, 0.15) is 12.5 Å². The van der Waals surface area contributed by atoms with E-state index in [1.807, 2.05) is 12.1 Å². The van der Waals surface area contributed by atoms with E-state index in [2.05, 4.69) is 20.9 Å². The minimum Gasteiger partial charge on any atom is -0.442 e. The lowest BCUT2D eigenvalue weighted by Crippen LogP contribution is -2.33. The van der Waals surface area contributed by atoms with E-state index in [0.29, 0.717) is 23.4 Å². The Morgan fingerprint density at radius 1 is 1.18 bits per heavy atom. The van der Waals surface area contributed by atoms with Gasteiger partial charge in [-0.1, -0.05) is 29.5 Å². The predicted octanol–water partition coefficient (Wildman–Crippen LogP) is 1.86. The van der Waals surface area contributed by atoms with Crippen LogP contribution >= 0.6 is 0 Å². The quantitative estimate of drug-likeness (QED) is 0.523. The molecule has 2 aromatic carbocycles. The van der Waals surface area contributed by atoms with Crippen molar-refractivity contribution in [2.45, 2.75) is 26.1 Å². The number of halogens is 1. The fourth-order valence-electron chi connectivity index (χ4n) is 3.53. The standard InChI is InChI=1S/C23H23FN6O4/c1-15(31)25-12-19-13-30(23(33)34-19)18-6-7-20(21(24)10-18)17-4-2-16(3-5-17)11-26-22(32)14-29-9-8-27-28-29/h2-10,19H,11-14H2,1H3,(H,25,31)(H,26,32)/t19-/m0/s1. The van der Waals surface area contributed by atoms with Crippen molar-refractivity contribution in [3.05, 3.63) is 66.2 Å². The molecular weight excluding hydrogens is 443 g/mol. The van der Waals surface area contributed by atoms with Gasteiger partial charge in [-0.05, 0) is 29.3 Å². The second-order valence-corrected chi connectivity index (χ2v) is 7.79. The van der Waals surface area contributed by atoms with E-state index in [1.54, 1.807) is 30.5 Å². The lowest BCUT2D eigenvalue weighted by atomic mass is 10.0. The number of hydrogen-bond donors (Lipinski definition) is 2. The first kappa shape index (κ1) is 22.9. The predicted molar refractivity (Wildman–Crippen MR) is 120 cm³/mol. The van der Waals surface area contributed by atoms with Gasteiger partial charge in [0.15, 0.2) is 0 Å². The average molecular weight is 466 g/mol. The molecule has 0 bridgehead atoms. The van der Waals surface area contributed by atoms with Gasteiger partial charge in [0.2, 0.25) is 11.8 Å². The first-order chi connectivity index (χ1) is 16.4. The minimum absolute atomic E-state index is 0.0776. The minimum atomic E-state index is -0.585. The molecule has 0 spiro atoms. The molecule has 1 fully saturated rings. The highest BCUT2D eigenvalue weighted by Gasteiger charge is 2.32.